The summed E-state index contributed by atoms with van der Waals surface area (Å²) in [6.45, 7) is 2.44. The number of nitrogens with one attached hydrogen (secondary N) is 1. The molecule has 0 bridgehead atoms. The molecule has 1 unspecified atom stereocenters. The van der Waals surface area contributed by atoms with E-state index in [9.17, 15) is 18.2 Å². The van der Waals surface area contributed by atoms with E-state index in [2.05, 4.69) is 25.6 Å². The third-order valence-corrected chi connectivity index (χ3v) is 7.56. The summed E-state index contributed by atoms with van der Waals surface area (Å²) < 4.78 is 29.0. The van der Waals surface area contributed by atoms with Gasteiger partial charge in [-0.1, -0.05) is 36.4 Å². The summed E-state index contributed by atoms with van der Waals surface area (Å²) in [5.74, 6) is -0.656. The Morgan fingerprint density at radius 1 is 1.00 bits per heavy atom. The lowest BCUT2D eigenvalue weighted by atomic mass is 10.0. The van der Waals surface area contributed by atoms with Gasteiger partial charge in [-0.15, -0.1) is 0 Å². The second kappa shape index (κ2) is 11.1. The van der Waals surface area contributed by atoms with Crippen LogP contribution in [0.4, 0.5) is 4.39 Å². The first-order valence-electron chi connectivity index (χ1n) is 11.0. The van der Waals surface area contributed by atoms with Crippen molar-refractivity contribution in [3.8, 4) is 0 Å². The van der Waals surface area contributed by atoms with Crippen LogP contribution >= 0.6 is 15.9 Å². The van der Waals surface area contributed by atoms with Gasteiger partial charge in [0.15, 0.2) is 0 Å². The lowest BCUT2D eigenvalue weighted by molar-refractivity contribution is -0.115. The molecule has 1 N–H and O–H groups in total. The van der Waals surface area contributed by atoms with Crippen LogP contribution in [0.2, 0.25) is 0 Å². The lowest BCUT2D eigenvalue weighted by Gasteiger charge is -2.38. The molecular formula is C25H25BrFN3O3S. The number of hydrogen-bond acceptors (Lipinski definition) is 4. The number of rotatable bonds is 6. The average molecular weight is 546 g/mol. The van der Waals surface area contributed by atoms with Crippen LogP contribution in [-0.2, 0) is 21.5 Å². The number of amides is 2. The molecule has 0 spiro atoms. The number of nitrogens with zero attached hydrogens (tertiary/aromatic N) is 2. The zero-order chi connectivity index (χ0) is 24.1. The molecule has 4 rings (SSSR count). The molecule has 1 aliphatic heterocycles. The second-order valence-corrected chi connectivity index (χ2v) is 10.2. The van der Waals surface area contributed by atoms with Gasteiger partial charge in [-0.3, -0.25) is 14.3 Å². The summed E-state index contributed by atoms with van der Waals surface area (Å²) in [7, 11) is -1.48. The number of carbonyl (C=O) groups is 2. The molecule has 1 atom stereocenters. The Hall–Kier alpha value is -2.78. The first kappa shape index (κ1) is 24.3. The molecule has 1 heterocycles. The van der Waals surface area contributed by atoms with Crippen molar-refractivity contribution >= 4 is 38.7 Å². The molecule has 2 aromatic carbocycles. The van der Waals surface area contributed by atoms with Crippen molar-refractivity contribution in [1.82, 2.24) is 14.5 Å². The van der Waals surface area contributed by atoms with E-state index in [1.807, 2.05) is 36.4 Å². The van der Waals surface area contributed by atoms with Gasteiger partial charge < -0.3 is 9.80 Å². The lowest BCUT2D eigenvalue weighted by Crippen LogP contribution is -2.48. The van der Waals surface area contributed by atoms with E-state index in [0.717, 1.165) is 11.3 Å². The number of halogens is 2. The fourth-order valence-electron chi connectivity index (χ4n) is 4.02. The van der Waals surface area contributed by atoms with Gasteiger partial charge in [0.2, 0.25) is 0 Å². The van der Waals surface area contributed by atoms with Gasteiger partial charge in [0, 0.05) is 43.0 Å². The Morgan fingerprint density at radius 3 is 2.38 bits per heavy atom. The van der Waals surface area contributed by atoms with Crippen LogP contribution in [0, 0.1) is 5.82 Å². The summed E-state index contributed by atoms with van der Waals surface area (Å²) >= 11 is 3.11. The fourth-order valence-corrected chi connectivity index (χ4v) is 5.17. The predicted octanol–water partition coefficient (Wildman–Crippen LogP) is 3.93. The molecular weight excluding hydrogens is 521 g/mol. The first-order chi connectivity index (χ1) is 16.4. The van der Waals surface area contributed by atoms with Crippen LogP contribution < -0.4 is 4.72 Å². The van der Waals surface area contributed by atoms with E-state index in [-0.39, 0.29) is 17.6 Å². The van der Waals surface area contributed by atoms with Crippen molar-refractivity contribution < 1.29 is 18.2 Å². The largest absolute Gasteiger partial charge is 0.371 e. The summed E-state index contributed by atoms with van der Waals surface area (Å²) in [5.41, 5.74) is 2.97. The SMILES string of the molecule is O=C(NS(=O)Cc1ccccc1)C1=CC=C(N2CCN(C(=O)c3ccc(Br)c(F)c3)CC2)CC1. The van der Waals surface area contributed by atoms with Gasteiger partial charge in [-0.2, -0.15) is 0 Å². The number of allylic oxidation sites excluding steroid dienone is 3. The van der Waals surface area contributed by atoms with Crippen molar-refractivity contribution in [3.63, 3.8) is 0 Å². The highest BCUT2D eigenvalue weighted by Gasteiger charge is 2.25. The molecule has 178 valence electrons. The molecule has 34 heavy (non-hydrogen) atoms. The molecule has 2 amide bonds. The number of piperazine rings is 1. The molecule has 1 fully saturated rings. The van der Waals surface area contributed by atoms with Crippen molar-refractivity contribution in [2.75, 3.05) is 26.2 Å². The van der Waals surface area contributed by atoms with Gasteiger partial charge in [0.25, 0.3) is 11.8 Å². The first-order valence-corrected chi connectivity index (χ1v) is 13.1. The van der Waals surface area contributed by atoms with Crippen molar-refractivity contribution in [3.05, 3.63) is 93.4 Å². The zero-order valence-electron chi connectivity index (χ0n) is 18.5. The van der Waals surface area contributed by atoms with Crippen molar-refractivity contribution in [1.29, 1.82) is 0 Å². The smallest absolute Gasteiger partial charge is 0.258 e. The predicted molar refractivity (Wildman–Crippen MR) is 133 cm³/mol. The van der Waals surface area contributed by atoms with E-state index in [4.69, 9.17) is 0 Å². The van der Waals surface area contributed by atoms with Crippen molar-refractivity contribution in [2.45, 2.75) is 18.6 Å². The normalized spacial score (nSPS) is 17.0. The van der Waals surface area contributed by atoms with Crippen LogP contribution in [-0.4, -0.2) is 52.0 Å². The molecule has 0 radical (unpaired) electrons. The highest BCUT2D eigenvalue weighted by molar-refractivity contribution is 9.10. The van der Waals surface area contributed by atoms with Gasteiger partial charge in [-0.05, 0) is 58.6 Å². The zero-order valence-corrected chi connectivity index (χ0v) is 20.9. The summed E-state index contributed by atoms with van der Waals surface area (Å²) in [4.78, 5) is 29.1. The van der Waals surface area contributed by atoms with Crippen LogP contribution in [0.5, 0.6) is 0 Å². The molecule has 1 saturated heterocycles. The van der Waals surface area contributed by atoms with Gasteiger partial charge in [0.1, 0.15) is 16.8 Å². The Labute approximate surface area is 209 Å². The molecule has 2 aromatic rings. The standard InChI is InChI=1S/C25H25BrFN3O3S/c26-22-11-8-20(16-23(22)27)25(32)30-14-12-29(13-15-30)21-9-6-19(7-10-21)24(31)28-34(33)17-18-4-2-1-3-5-18/h1-6,8-9,11,16H,7,10,12-15,17H2,(H,28,31). The third-order valence-electron chi connectivity index (χ3n) is 5.91. The van der Waals surface area contributed by atoms with Crippen LogP contribution in [0.25, 0.3) is 0 Å². The van der Waals surface area contributed by atoms with Crippen LogP contribution in [0.1, 0.15) is 28.8 Å². The average Bonchev–Trinajstić information content (AvgIpc) is 2.86. The molecule has 9 heteroatoms. The molecule has 2 aliphatic rings. The van der Waals surface area contributed by atoms with Gasteiger partial charge in [0.05, 0.1) is 10.2 Å². The third kappa shape index (κ3) is 6.01. The van der Waals surface area contributed by atoms with Gasteiger partial charge >= 0.3 is 0 Å². The highest BCUT2D eigenvalue weighted by Crippen LogP contribution is 2.24. The monoisotopic (exact) mass is 545 g/mol. The number of benzene rings is 2. The topological polar surface area (TPSA) is 69.7 Å². The Bertz CT molecular complexity index is 1160. The highest BCUT2D eigenvalue weighted by atomic mass is 79.9. The maximum Gasteiger partial charge on any atom is 0.258 e. The van der Waals surface area contributed by atoms with E-state index in [0.29, 0.717) is 54.6 Å². The van der Waals surface area contributed by atoms with E-state index >= 15 is 0 Å². The maximum absolute atomic E-state index is 13.8. The van der Waals surface area contributed by atoms with E-state index < -0.39 is 16.8 Å². The van der Waals surface area contributed by atoms with E-state index in [1.54, 1.807) is 23.1 Å². The molecule has 0 saturated carbocycles. The fraction of sp³-hybridized carbons (Fsp3) is 0.280. The molecule has 1 aliphatic carbocycles. The summed E-state index contributed by atoms with van der Waals surface area (Å²) in [6, 6.07) is 13.8. The van der Waals surface area contributed by atoms with Gasteiger partial charge in [-0.25, -0.2) is 8.60 Å². The number of hydrogen-bond donors (Lipinski definition) is 1. The Balaban J connectivity index is 1.29. The quantitative estimate of drug-likeness (QED) is 0.597. The van der Waals surface area contributed by atoms with E-state index in [1.165, 1.54) is 6.07 Å². The molecule has 6 nitrogen and oxygen atoms in total. The summed E-state index contributed by atoms with van der Waals surface area (Å²) in [6.07, 6.45) is 4.99. The van der Waals surface area contributed by atoms with Crippen LogP contribution in [0.15, 0.2) is 76.4 Å². The summed E-state index contributed by atoms with van der Waals surface area (Å²) in [5, 5.41) is 0. The minimum Gasteiger partial charge on any atom is -0.371 e. The minimum atomic E-state index is -1.48. The van der Waals surface area contributed by atoms with Crippen molar-refractivity contribution in [2.24, 2.45) is 0 Å². The number of carbonyl (C=O) groups excluding carboxylic acids is 2. The Kier molecular flexibility index (Phi) is 7.95. The Morgan fingerprint density at radius 2 is 1.74 bits per heavy atom. The second-order valence-electron chi connectivity index (χ2n) is 8.16. The minimum absolute atomic E-state index is 0.175. The van der Waals surface area contributed by atoms with Crippen LogP contribution in [0.3, 0.4) is 0 Å². The molecule has 0 aromatic heterocycles. The maximum atomic E-state index is 13.8.